The van der Waals surface area contributed by atoms with E-state index in [0.29, 0.717) is 18.9 Å². The molecule has 0 unspecified atom stereocenters. The lowest BCUT2D eigenvalue weighted by atomic mass is 10.0. The smallest absolute Gasteiger partial charge is 0.416 e. The van der Waals surface area contributed by atoms with Gasteiger partial charge in [0.1, 0.15) is 0 Å². The largest absolute Gasteiger partial charge is 0.481 e. The molecular weight excluding hydrogens is 323 g/mol. The predicted octanol–water partition coefficient (Wildman–Crippen LogP) is 2.19. The Morgan fingerprint density at radius 1 is 1.32 bits per heavy atom. The predicted molar refractivity (Wildman–Crippen MR) is 70.6 cm³/mol. The van der Waals surface area contributed by atoms with Crippen molar-refractivity contribution in [3.8, 4) is 0 Å². The maximum atomic E-state index is 12.7. The third kappa shape index (κ3) is 3.41. The summed E-state index contributed by atoms with van der Waals surface area (Å²) in [5.74, 6) is -1.95. The second-order valence-electron chi connectivity index (χ2n) is 5.07. The van der Waals surface area contributed by atoms with Crippen LogP contribution in [0.3, 0.4) is 0 Å². The Morgan fingerprint density at radius 2 is 2.00 bits per heavy atom. The van der Waals surface area contributed by atoms with Crippen LogP contribution in [0.25, 0.3) is 0 Å². The van der Waals surface area contributed by atoms with E-state index < -0.39 is 38.5 Å². The van der Waals surface area contributed by atoms with Crippen molar-refractivity contribution < 1.29 is 31.5 Å². The summed E-state index contributed by atoms with van der Waals surface area (Å²) in [6.07, 6.45) is -3.93. The number of rotatable bonds is 3. The molecule has 9 heteroatoms. The Kier molecular flexibility index (Phi) is 4.48. The van der Waals surface area contributed by atoms with Gasteiger partial charge in [-0.15, -0.1) is 0 Å². The number of carboxylic acids is 1. The van der Waals surface area contributed by atoms with Crippen LogP contribution >= 0.6 is 0 Å². The average Bonchev–Trinajstić information content (AvgIpc) is 2.46. The minimum Gasteiger partial charge on any atom is -0.481 e. The van der Waals surface area contributed by atoms with Crippen molar-refractivity contribution in [1.29, 1.82) is 0 Å². The molecule has 1 fully saturated rings. The minimum atomic E-state index is -4.64. The third-order valence-corrected chi connectivity index (χ3v) is 5.39. The van der Waals surface area contributed by atoms with Crippen LogP contribution in [0.2, 0.25) is 0 Å². The minimum absolute atomic E-state index is 0.0996. The van der Waals surface area contributed by atoms with Crippen LogP contribution in [-0.2, 0) is 21.0 Å². The van der Waals surface area contributed by atoms with E-state index >= 15 is 0 Å². The van der Waals surface area contributed by atoms with Crippen molar-refractivity contribution in [2.24, 2.45) is 5.92 Å². The molecule has 1 aromatic carbocycles. The van der Waals surface area contributed by atoms with E-state index in [4.69, 9.17) is 5.11 Å². The van der Waals surface area contributed by atoms with Gasteiger partial charge < -0.3 is 5.11 Å². The van der Waals surface area contributed by atoms with Gasteiger partial charge in [0.05, 0.1) is 16.4 Å². The van der Waals surface area contributed by atoms with E-state index in [1.54, 1.807) is 0 Å². The average molecular weight is 337 g/mol. The second-order valence-corrected chi connectivity index (χ2v) is 7.00. The molecule has 122 valence electrons. The molecule has 1 aromatic rings. The normalized spacial score (nSPS) is 20.8. The van der Waals surface area contributed by atoms with Gasteiger partial charge in [0.25, 0.3) is 0 Å². The molecular formula is C13H14F3NO4S. The quantitative estimate of drug-likeness (QED) is 0.917. The topological polar surface area (TPSA) is 74.7 Å². The lowest BCUT2D eigenvalue weighted by molar-refractivity contribution is -0.143. The summed E-state index contributed by atoms with van der Waals surface area (Å²) in [6, 6.07) is 3.46. The molecule has 1 heterocycles. The molecule has 22 heavy (non-hydrogen) atoms. The summed E-state index contributed by atoms with van der Waals surface area (Å²) < 4.78 is 63.8. The summed E-state index contributed by atoms with van der Waals surface area (Å²) in [5, 5.41) is 8.97. The molecule has 0 aromatic heterocycles. The molecule has 0 spiro atoms. The Morgan fingerprint density at radius 3 is 2.59 bits per heavy atom. The zero-order valence-corrected chi connectivity index (χ0v) is 12.2. The van der Waals surface area contributed by atoms with Crippen molar-refractivity contribution in [1.82, 2.24) is 4.31 Å². The van der Waals surface area contributed by atoms with Crippen molar-refractivity contribution in [2.45, 2.75) is 23.9 Å². The Balaban J connectivity index is 2.32. The van der Waals surface area contributed by atoms with Gasteiger partial charge in [0.15, 0.2) is 0 Å². The number of hydrogen-bond donors (Lipinski definition) is 1. The van der Waals surface area contributed by atoms with Crippen LogP contribution in [0.1, 0.15) is 18.4 Å². The SMILES string of the molecule is O=C(O)[C@@H]1CCCN(S(=O)(=O)c2cccc(C(F)(F)F)c2)C1. The first-order chi connectivity index (χ1) is 10.1. The highest BCUT2D eigenvalue weighted by Crippen LogP contribution is 2.32. The van der Waals surface area contributed by atoms with E-state index in [1.807, 2.05) is 0 Å². The van der Waals surface area contributed by atoms with Crippen LogP contribution in [0.5, 0.6) is 0 Å². The van der Waals surface area contributed by atoms with Gasteiger partial charge in [-0.3, -0.25) is 4.79 Å². The zero-order valence-electron chi connectivity index (χ0n) is 11.4. The summed E-state index contributed by atoms with van der Waals surface area (Å²) in [4.78, 5) is 10.5. The van der Waals surface area contributed by atoms with Gasteiger partial charge in [-0.2, -0.15) is 17.5 Å². The Labute approximate surface area is 125 Å². The van der Waals surface area contributed by atoms with Gasteiger partial charge in [0, 0.05) is 13.1 Å². The first kappa shape index (κ1) is 16.8. The van der Waals surface area contributed by atoms with Crippen LogP contribution in [0.4, 0.5) is 13.2 Å². The number of sulfonamides is 1. The molecule has 1 aliphatic rings. The third-order valence-electron chi connectivity index (χ3n) is 3.53. The number of benzene rings is 1. The molecule has 0 bridgehead atoms. The molecule has 0 saturated carbocycles. The molecule has 0 radical (unpaired) electrons. The lowest BCUT2D eigenvalue weighted by Gasteiger charge is -2.29. The van der Waals surface area contributed by atoms with E-state index in [1.165, 1.54) is 0 Å². The van der Waals surface area contributed by atoms with Crippen molar-refractivity contribution >= 4 is 16.0 Å². The first-order valence-corrected chi connectivity index (χ1v) is 7.96. The lowest BCUT2D eigenvalue weighted by Crippen LogP contribution is -2.42. The van der Waals surface area contributed by atoms with Crippen molar-refractivity contribution in [3.05, 3.63) is 29.8 Å². The van der Waals surface area contributed by atoms with Crippen LogP contribution < -0.4 is 0 Å². The Bertz CT molecular complexity index is 672. The highest BCUT2D eigenvalue weighted by atomic mass is 32.2. The summed E-state index contributed by atoms with van der Waals surface area (Å²) in [7, 11) is -4.14. The molecule has 5 nitrogen and oxygen atoms in total. The van der Waals surface area contributed by atoms with E-state index in [2.05, 4.69) is 0 Å². The Hall–Kier alpha value is -1.61. The number of halogens is 3. The summed E-state index contributed by atoms with van der Waals surface area (Å²) in [5.41, 5.74) is -1.06. The zero-order chi connectivity index (χ0) is 16.5. The number of aliphatic carboxylic acids is 1. The highest BCUT2D eigenvalue weighted by Gasteiger charge is 2.35. The number of hydrogen-bond acceptors (Lipinski definition) is 3. The van der Waals surface area contributed by atoms with E-state index in [0.717, 1.165) is 22.5 Å². The summed E-state index contributed by atoms with van der Waals surface area (Å²) in [6.45, 7) is -0.129. The van der Waals surface area contributed by atoms with Gasteiger partial charge >= 0.3 is 12.1 Å². The standard InChI is InChI=1S/C13H14F3NO4S/c14-13(15,16)10-4-1-5-11(7-10)22(20,21)17-6-2-3-9(8-17)12(18)19/h1,4-5,7,9H,2-3,6,8H2,(H,18,19)/t9-/m1/s1. The molecule has 0 aliphatic carbocycles. The molecule has 1 N–H and O–H groups in total. The number of alkyl halides is 3. The van der Waals surface area contributed by atoms with E-state index in [9.17, 15) is 26.4 Å². The maximum Gasteiger partial charge on any atom is 0.416 e. The number of carboxylic acid groups (broad SMARTS) is 1. The maximum absolute atomic E-state index is 12.7. The number of nitrogens with zero attached hydrogens (tertiary/aromatic N) is 1. The van der Waals surface area contributed by atoms with Crippen LogP contribution in [0.15, 0.2) is 29.2 Å². The highest BCUT2D eigenvalue weighted by molar-refractivity contribution is 7.89. The van der Waals surface area contributed by atoms with Gasteiger partial charge in [-0.05, 0) is 31.0 Å². The van der Waals surface area contributed by atoms with Crippen LogP contribution in [-0.4, -0.2) is 36.9 Å². The summed E-state index contributed by atoms with van der Waals surface area (Å²) >= 11 is 0. The number of piperidine rings is 1. The van der Waals surface area contributed by atoms with Gasteiger partial charge in [-0.1, -0.05) is 6.07 Å². The van der Waals surface area contributed by atoms with Crippen LogP contribution in [0, 0.1) is 5.92 Å². The van der Waals surface area contributed by atoms with Gasteiger partial charge in [0.2, 0.25) is 10.0 Å². The fourth-order valence-corrected chi connectivity index (χ4v) is 3.91. The molecule has 1 saturated heterocycles. The monoisotopic (exact) mass is 337 g/mol. The molecule has 0 amide bonds. The molecule has 1 aliphatic heterocycles. The fraction of sp³-hybridized carbons (Fsp3) is 0.462. The molecule has 1 atom stereocenters. The second kappa shape index (κ2) is 5.88. The van der Waals surface area contributed by atoms with Crippen molar-refractivity contribution in [3.63, 3.8) is 0 Å². The van der Waals surface area contributed by atoms with E-state index in [-0.39, 0.29) is 13.1 Å². The van der Waals surface area contributed by atoms with Gasteiger partial charge in [-0.25, -0.2) is 8.42 Å². The molecule has 2 rings (SSSR count). The number of carbonyl (C=O) groups is 1. The first-order valence-electron chi connectivity index (χ1n) is 6.52. The fourth-order valence-electron chi connectivity index (χ4n) is 2.34. The van der Waals surface area contributed by atoms with Crippen molar-refractivity contribution in [2.75, 3.05) is 13.1 Å².